The van der Waals surface area contributed by atoms with Crippen molar-refractivity contribution < 1.29 is 32.2 Å². The standard InChI is InChI=1S/C10H9F4NO3/c11-6-2-1-5(3-7(15)9(16)17)8(4-6)18-10(12,13)14/h1-2,4,7H,3,15H2,(H,16,17). The Kier molecular flexibility index (Phi) is 4.12. The van der Waals surface area contributed by atoms with Crippen molar-refractivity contribution >= 4 is 5.97 Å². The first-order valence-electron chi connectivity index (χ1n) is 4.71. The molecule has 0 heterocycles. The normalized spacial score (nSPS) is 13.2. The highest BCUT2D eigenvalue weighted by molar-refractivity contribution is 5.73. The van der Waals surface area contributed by atoms with Gasteiger partial charge < -0.3 is 15.6 Å². The fraction of sp³-hybridized carbons (Fsp3) is 0.300. The lowest BCUT2D eigenvalue weighted by Gasteiger charge is -2.14. The lowest BCUT2D eigenvalue weighted by molar-refractivity contribution is -0.275. The Hall–Kier alpha value is -1.83. The fourth-order valence-electron chi connectivity index (χ4n) is 1.24. The molecule has 0 saturated heterocycles. The van der Waals surface area contributed by atoms with Gasteiger partial charge in [-0.25, -0.2) is 4.39 Å². The fourth-order valence-corrected chi connectivity index (χ4v) is 1.24. The maximum Gasteiger partial charge on any atom is 0.573 e. The smallest absolute Gasteiger partial charge is 0.480 e. The van der Waals surface area contributed by atoms with Crippen LogP contribution in [-0.2, 0) is 11.2 Å². The third-order valence-electron chi connectivity index (χ3n) is 2.01. The minimum absolute atomic E-state index is 0.136. The van der Waals surface area contributed by atoms with Crippen LogP contribution >= 0.6 is 0 Å². The Balaban J connectivity index is 3.00. The number of nitrogens with two attached hydrogens (primary N) is 1. The summed E-state index contributed by atoms with van der Waals surface area (Å²) in [4.78, 5) is 10.5. The van der Waals surface area contributed by atoms with E-state index in [0.717, 1.165) is 12.1 Å². The second kappa shape index (κ2) is 5.21. The van der Waals surface area contributed by atoms with E-state index < -0.39 is 36.4 Å². The molecule has 3 N–H and O–H groups in total. The number of carboxylic acid groups (broad SMARTS) is 1. The second-order valence-electron chi connectivity index (χ2n) is 3.45. The van der Waals surface area contributed by atoms with E-state index in [1.165, 1.54) is 0 Å². The highest BCUT2D eigenvalue weighted by Gasteiger charge is 2.32. The lowest BCUT2D eigenvalue weighted by atomic mass is 10.1. The number of carboxylic acids is 1. The predicted octanol–water partition coefficient (Wildman–Crippen LogP) is 1.68. The Bertz CT molecular complexity index is 447. The minimum atomic E-state index is -4.99. The Morgan fingerprint density at radius 2 is 2.06 bits per heavy atom. The maximum atomic E-state index is 12.8. The van der Waals surface area contributed by atoms with Crippen LogP contribution in [0.25, 0.3) is 0 Å². The van der Waals surface area contributed by atoms with Gasteiger partial charge in [-0.15, -0.1) is 13.2 Å². The van der Waals surface area contributed by atoms with E-state index >= 15 is 0 Å². The van der Waals surface area contributed by atoms with Crippen LogP contribution in [0.4, 0.5) is 17.6 Å². The summed E-state index contributed by atoms with van der Waals surface area (Å²) in [5, 5.41) is 8.56. The molecule has 8 heteroatoms. The van der Waals surface area contributed by atoms with Gasteiger partial charge in [0.2, 0.25) is 0 Å². The van der Waals surface area contributed by atoms with Crippen LogP contribution in [0.5, 0.6) is 5.75 Å². The van der Waals surface area contributed by atoms with Crippen LogP contribution in [0.15, 0.2) is 18.2 Å². The van der Waals surface area contributed by atoms with Gasteiger partial charge >= 0.3 is 12.3 Å². The quantitative estimate of drug-likeness (QED) is 0.814. The van der Waals surface area contributed by atoms with Crippen LogP contribution < -0.4 is 10.5 Å². The Morgan fingerprint density at radius 3 is 2.56 bits per heavy atom. The van der Waals surface area contributed by atoms with Crippen LogP contribution in [0.3, 0.4) is 0 Å². The highest BCUT2D eigenvalue weighted by Crippen LogP contribution is 2.28. The van der Waals surface area contributed by atoms with Crippen molar-refractivity contribution in [2.24, 2.45) is 5.73 Å². The SMILES string of the molecule is NC(Cc1ccc(F)cc1OC(F)(F)F)C(=O)O. The van der Waals surface area contributed by atoms with Gasteiger partial charge in [0.05, 0.1) is 0 Å². The molecule has 100 valence electrons. The van der Waals surface area contributed by atoms with E-state index in [1.54, 1.807) is 0 Å². The van der Waals surface area contributed by atoms with Crippen molar-refractivity contribution in [2.45, 2.75) is 18.8 Å². The molecule has 1 aromatic carbocycles. The van der Waals surface area contributed by atoms with Gasteiger partial charge in [-0.2, -0.15) is 0 Å². The van der Waals surface area contributed by atoms with E-state index in [1.807, 2.05) is 0 Å². The average Bonchev–Trinajstić information content (AvgIpc) is 2.19. The van der Waals surface area contributed by atoms with Gasteiger partial charge in [0.25, 0.3) is 0 Å². The minimum Gasteiger partial charge on any atom is -0.480 e. The number of ether oxygens (including phenoxy) is 1. The summed E-state index contributed by atoms with van der Waals surface area (Å²) in [7, 11) is 0. The van der Waals surface area contributed by atoms with Gasteiger partial charge in [-0.3, -0.25) is 4.79 Å². The zero-order valence-corrected chi connectivity index (χ0v) is 8.87. The average molecular weight is 267 g/mol. The molecule has 0 fully saturated rings. The van der Waals surface area contributed by atoms with Crippen LogP contribution in [0, 0.1) is 5.82 Å². The molecule has 0 amide bonds. The third-order valence-corrected chi connectivity index (χ3v) is 2.01. The molecule has 0 aliphatic carbocycles. The summed E-state index contributed by atoms with van der Waals surface area (Å²) >= 11 is 0. The molecule has 0 saturated carbocycles. The molecule has 0 radical (unpaired) electrons. The molecular formula is C10H9F4NO3. The lowest BCUT2D eigenvalue weighted by Crippen LogP contribution is -2.32. The molecule has 0 spiro atoms. The second-order valence-corrected chi connectivity index (χ2v) is 3.45. The summed E-state index contributed by atoms with van der Waals surface area (Å²) in [6.45, 7) is 0. The summed E-state index contributed by atoms with van der Waals surface area (Å²) in [6, 6.07) is 1.02. The van der Waals surface area contributed by atoms with Crippen molar-refractivity contribution in [3.05, 3.63) is 29.6 Å². The molecule has 0 aliphatic heterocycles. The van der Waals surface area contributed by atoms with Gasteiger partial charge in [0.15, 0.2) is 0 Å². The van der Waals surface area contributed by atoms with E-state index in [0.29, 0.717) is 6.07 Å². The first kappa shape index (κ1) is 14.2. The topological polar surface area (TPSA) is 72.5 Å². The molecule has 1 rings (SSSR count). The zero-order valence-electron chi connectivity index (χ0n) is 8.87. The van der Waals surface area contributed by atoms with Gasteiger partial charge in [0, 0.05) is 12.5 Å². The Labute approximate surface area is 99.0 Å². The summed E-state index contributed by atoms with van der Waals surface area (Å²) in [5.41, 5.74) is 5.05. The number of aliphatic carboxylic acids is 1. The number of benzene rings is 1. The largest absolute Gasteiger partial charge is 0.573 e. The Morgan fingerprint density at radius 1 is 1.44 bits per heavy atom. The molecule has 1 aromatic rings. The summed E-state index contributed by atoms with van der Waals surface area (Å²) in [6.07, 6.45) is -5.39. The molecule has 4 nitrogen and oxygen atoms in total. The molecule has 0 bridgehead atoms. The third kappa shape index (κ3) is 4.21. The molecule has 1 unspecified atom stereocenters. The number of alkyl halides is 3. The highest BCUT2D eigenvalue weighted by atomic mass is 19.4. The number of rotatable bonds is 4. The van der Waals surface area contributed by atoms with E-state index in [4.69, 9.17) is 10.8 Å². The number of carbonyl (C=O) groups is 1. The molecular weight excluding hydrogens is 258 g/mol. The first-order valence-corrected chi connectivity index (χ1v) is 4.71. The molecule has 1 atom stereocenters. The van der Waals surface area contributed by atoms with Crippen molar-refractivity contribution in [1.29, 1.82) is 0 Å². The molecule has 0 aliphatic rings. The number of halogens is 4. The van der Waals surface area contributed by atoms with Crippen molar-refractivity contribution in [3.8, 4) is 5.75 Å². The van der Waals surface area contributed by atoms with Gasteiger partial charge in [-0.1, -0.05) is 6.07 Å². The monoisotopic (exact) mass is 267 g/mol. The van der Waals surface area contributed by atoms with Crippen LogP contribution in [0.2, 0.25) is 0 Å². The maximum absolute atomic E-state index is 12.8. The predicted molar refractivity (Wildman–Crippen MR) is 52.4 cm³/mol. The zero-order chi connectivity index (χ0) is 13.9. The number of hydrogen-bond donors (Lipinski definition) is 2. The van der Waals surface area contributed by atoms with Crippen LogP contribution in [-0.4, -0.2) is 23.5 Å². The van der Waals surface area contributed by atoms with Crippen molar-refractivity contribution in [3.63, 3.8) is 0 Å². The van der Waals surface area contributed by atoms with Crippen molar-refractivity contribution in [1.82, 2.24) is 0 Å². The van der Waals surface area contributed by atoms with Crippen molar-refractivity contribution in [2.75, 3.05) is 0 Å². The van der Waals surface area contributed by atoms with Gasteiger partial charge in [-0.05, 0) is 11.6 Å². The van der Waals surface area contributed by atoms with Gasteiger partial charge in [0.1, 0.15) is 17.6 Å². The van der Waals surface area contributed by atoms with E-state index in [-0.39, 0.29) is 5.56 Å². The van der Waals surface area contributed by atoms with E-state index in [2.05, 4.69) is 4.74 Å². The summed E-state index contributed by atoms with van der Waals surface area (Å²) in [5.74, 6) is -3.10. The first-order chi connectivity index (χ1) is 8.19. The summed E-state index contributed by atoms with van der Waals surface area (Å²) < 4.78 is 52.6. The number of hydrogen-bond acceptors (Lipinski definition) is 3. The molecule has 0 aromatic heterocycles. The van der Waals surface area contributed by atoms with Crippen LogP contribution in [0.1, 0.15) is 5.56 Å². The molecule has 18 heavy (non-hydrogen) atoms. The van der Waals surface area contributed by atoms with E-state index in [9.17, 15) is 22.4 Å².